The van der Waals surface area contributed by atoms with E-state index in [-0.39, 0.29) is 24.1 Å². The number of non-ortho nitro benzene ring substituents is 1. The van der Waals surface area contributed by atoms with Crippen molar-refractivity contribution < 1.29 is 24.4 Å². The molecule has 5 rings (SSSR count). The van der Waals surface area contributed by atoms with Gasteiger partial charge in [0.05, 0.1) is 34.7 Å². The third kappa shape index (κ3) is 2.34. The molecule has 2 aromatic rings. The third-order valence-corrected chi connectivity index (χ3v) is 6.34. The molecule has 3 aliphatic heterocycles. The average molecular weight is 406 g/mol. The van der Waals surface area contributed by atoms with Crippen LogP contribution < -0.4 is 4.90 Å². The van der Waals surface area contributed by atoms with Crippen LogP contribution in [0.2, 0.25) is 0 Å². The van der Waals surface area contributed by atoms with E-state index in [9.17, 15) is 24.8 Å². The number of carbonyl (C=O) groups excluding carboxylic acids is 2. The van der Waals surface area contributed by atoms with Gasteiger partial charge in [-0.15, -0.1) is 0 Å². The quantitative estimate of drug-likeness (QED) is 0.361. The van der Waals surface area contributed by atoms with Crippen molar-refractivity contribution in [1.29, 1.82) is 0 Å². The molecule has 1 N–H and O–H groups in total. The lowest BCUT2D eigenvalue weighted by molar-refractivity contribution is -0.384. The van der Waals surface area contributed by atoms with E-state index < -0.39 is 28.0 Å². The monoisotopic (exact) mass is 406 g/mol. The first-order chi connectivity index (χ1) is 14.3. The Morgan fingerprint density at radius 2 is 1.57 bits per heavy atom. The average Bonchev–Trinajstić information content (AvgIpc) is 3.33. The van der Waals surface area contributed by atoms with E-state index in [0.717, 1.165) is 11.1 Å². The Labute approximate surface area is 171 Å². The Kier molecular flexibility index (Phi) is 3.77. The summed E-state index contributed by atoms with van der Waals surface area (Å²) in [5.74, 6) is -2.14. The maximum Gasteiger partial charge on any atom is 0.269 e. The molecule has 152 valence electrons. The van der Waals surface area contributed by atoms with Crippen molar-refractivity contribution >= 4 is 23.2 Å². The number of hydrogen-bond acceptors (Lipinski definition) is 6. The zero-order valence-corrected chi connectivity index (χ0v) is 16.0. The number of aliphatic hydroxyl groups excluding tert-OH is 1. The van der Waals surface area contributed by atoms with E-state index in [1.54, 1.807) is 55.5 Å². The molecule has 3 aliphatic rings. The molecule has 2 bridgehead atoms. The Morgan fingerprint density at radius 3 is 2.13 bits per heavy atom. The molecule has 0 aliphatic carbocycles. The summed E-state index contributed by atoms with van der Waals surface area (Å²) < 4.78 is 5.91. The number of hydrogen-bond donors (Lipinski definition) is 1. The molecule has 3 heterocycles. The number of ether oxygens (including phenoxy) is 1. The third-order valence-electron chi connectivity index (χ3n) is 6.34. The van der Waals surface area contributed by atoms with Crippen LogP contribution in [0.5, 0.6) is 0 Å². The van der Waals surface area contributed by atoms with Gasteiger partial charge in [0.2, 0.25) is 11.8 Å². The molecule has 0 spiro atoms. The Hall–Kier alpha value is -3.36. The molecule has 0 unspecified atom stereocenters. The minimum absolute atomic E-state index is 0.00642. The number of benzene rings is 2. The predicted molar refractivity (Wildman–Crippen MR) is 106 cm³/mol. The number of amides is 2. The fourth-order valence-corrected chi connectivity index (χ4v) is 4.87. The van der Waals surface area contributed by atoms with Crippen LogP contribution in [0.15, 0.2) is 60.7 Å². The first-order valence-electron chi connectivity index (χ1n) is 9.54. The van der Waals surface area contributed by atoms with Gasteiger partial charge in [0.25, 0.3) is 5.69 Å². The van der Waals surface area contributed by atoms with Crippen LogP contribution in [0.1, 0.15) is 6.92 Å². The molecule has 0 radical (unpaired) electrons. The van der Waals surface area contributed by atoms with Crippen LogP contribution in [0.3, 0.4) is 0 Å². The van der Waals surface area contributed by atoms with Gasteiger partial charge in [-0.05, 0) is 42.3 Å². The molecule has 0 aromatic heterocycles. The Morgan fingerprint density at radius 1 is 1.00 bits per heavy atom. The number of nitrogens with zero attached hydrogens (tertiary/aromatic N) is 2. The van der Waals surface area contributed by atoms with Crippen LogP contribution in [0, 0.1) is 22.0 Å². The van der Waals surface area contributed by atoms with Crippen molar-refractivity contribution in [3.05, 3.63) is 70.8 Å². The second-order valence-corrected chi connectivity index (χ2v) is 8.05. The van der Waals surface area contributed by atoms with Crippen LogP contribution in [-0.4, -0.2) is 39.7 Å². The van der Waals surface area contributed by atoms with Gasteiger partial charge in [-0.3, -0.25) is 19.7 Å². The molecule has 2 amide bonds. The number of aliphatic hydroxyl groups is 1. The molecule has 0 saturated carbocycles. The normalized spacial score (nSPS) is 31.5. The predicted octanol–water partition coefficient (Wildman–Crippen LogP) is 2.46. The van der Waals surface area contributed by atoms with Crippen molar-refractivity contribution in [1.82, 2.24) is 0 Å². The SMILES string of the molecule is C[C@@]12C=C[C@@](CO)(O1)[C@@H]1C(=O)N(c3ccc(-c4ccc([N+](=O)[O-])cc4)cc3)C(=O)[C@@H]12. The van der Waals surface area contributed by atoms with Gasteiger partial charge >= 0.3 is 0 Å². The van der Waals surface area contributed by atoms with Gasteiger partial charge in [-0.2, -0.15) is 0 Å². The standard InChI is InChI=1S/C22H18N2O6/c1-21-10-11-22(12-25,30-21)18-17(21)19(26)23(20(18)27)15-6-2-13(3-7-15)14-4-8-16(9-5-14)24(28)29/h2-11,17-18,25H,12H2,1H3/t17-,18+,21+,22+/m1/s1. The highest BCUT2D eigenvalue weighted by molar-refractivity contribution is 6.23. The number of anilines is 1. The first kappa shape index (κ1) is 18.7. The van der Waals surface area contributed by atoms with Crippen molar-refractivity contribution in [2.45, 2.75) is 18.1 Å². The number of carbonyl (C=O) groups is 2. The van der Waals surface area contributed by atoms with Gasteiger partial charge in [-0.25, -0.2) is 4.90 Å². The van der Waals surface area contributed by atoms with Crippen molar-refractivity contribution in [3.63, 3.8) is 0 Å². The Bertz CT molecular complexity index is 1110. The summed E-state index contributed by atoms with van der Waals surface area (Å²) in [6.45, 7) is 1.39. The maximum atomic E-state index is 13.2. The summed E-state index contributed by atoms with van der Waals surface area (Å²) in [5, 5.41) is 20.7. The minimum Gasteiger partial charge on any atom is -0.393 e. The lowest BCUT2D eigenvalue weighted by Crippen LogP contribution is -2.43. The second-order valence-electron chi connectivity index (χ2n) is 8.05. The number of fused-ring (bicyclic) bond motifs is 5. The van der Waals surface area contributed by atoms with Crippen LogP contribution >= 0.6 is 0 Å². The molecule has 2 saturated heterocycles. The van der Waals surface area contributed by atoms with E-state index >= 15 is 0 Å². The second kappa shape index (κ2) is 6.07. The smallest absolute Gasteiger partial charge is 0.269 e. The van der Waals surface area contributed by atoms with E-state index in [1.165, 1.54) is 17.0 Å². The molecule has 30 heavy (non-hydrogen) atoms. The molecule has 4 atom stereocenters. The largest absolute Gasteiger partial charge is 0.393 e. The van der Waals surface area contributed by atoms with Gasteiger partial charge in [0.15, 0.2) is 0 Å². The maximum absolute atomic E-state index is 13.2. The van der Waals surface area contributed by atoms with Crippen LogP contribution in [0.25, 0.3) is 11.1 Å². The number of rotatable bonds is 4. The van der Waals surface area contributed by atoms with Gasteiger partial charge in [0.1, 0.15) is 5.60 Å². The molecule has 8 nitrogen and oxygen atoms in total. The van der Waals surface area contributed by atoms with E-state index in [4.69, 9.17) is 4.74 Å². The van der Waals surface area contributed by atoms with Crippen molar-refractivity contribution in [3.8, 4) is 11.1 Å². The molecular weight excluding hydrogens is 388 g/mol. The minimum atomic E-state index is -1.15. The molecule has 8 heteroatoms. The van der Waals surface area contributed by atoms with Gasteiger partial charge in [0, 0.05) is 12.1 Å². The van der Waals surface area contributed by atoms with Crippen molar-refractivity contribution in [2.24, 2.45) is 11.8 Å². The fourth-order valence-electron chi connectivity index (χ4n) is 4.87. The van der Waals surface area contributed by atoms with Crippen molar-refractivity contribution in [2.75, 3.05) is 11.5 Å². The Balaban J connectivity index is 1.45. The number of nitro groups is 1. The number of imide groups is 1. The molecule has 2 aromatic carbocycles. The van der Waals surface area contributed by atoms with Gasteiger partial charge in [-0.1, -0.05) is 24.3 Å². The van der Waals surface area contributed by atoms with Crippen LogP contribution in [0.4, 0.5) is 11.4 Å². The van der Waals surface area contributed by atoms with E-state index in [0.29, 0.717) is 5.69 Å². The lowest BCUT2D eigenvalue weighted by atomic mass is 9.73. The summed E-state index contributed by atoms with van der Waals surface area (Å²) in [4.78, 5) is 37.8. The zero-order valence-electron chi connectivity index (χ0n) is 16.0. The highest BCUT2D eigenvalue weighted by Crippen LogP contribution is 2.57. The summed E-state index contributed by atoms with van der Waals surface area (Å²) in [7, 11) is 0. The lowest BCUT2D eigenvalue weighted by Gasteiger charge is -2.27. The summed E-state index contributed by atoms with van der Waals surface area (Å²) in [6.07, 6.45) is 3.46. The highest BCUT2D eigenvalue weighted by Gasteiger charge is 2.72. The molecule has 2 fully saturated rings. The zero-order chi connectivity index (χ0) is 21.3. The van der Waals surface area contributed by atoms with Crippen LogP contribution in [-0.2, 0) is 14.3 Å². The number of nitro benzene ring substituents is 1. The highest BCUT2D eigenvalue weighted by atomic mass is 16.6. The summed E-state index contributed by atoms with van der Waals surface area (Å²) in [5.41, 5.74) is -0.0249. The summed E-state index contributed by atoms with van der Waals surface area (Å²) in [6, 6.07) is 13.0. The molecular formula is C22H18N2O6. The topological polar surface area (TPSA) is 110 Å². The first-order valence-corrected chi connectivity index (χ1v) is 9.54. The summed E-state index contributed by atoms with van der Waals surface area (Å²) >= 11 is 0. The van der Waals surface area contributed by atoms with E-state index in [1.807, 2.05) is 0 Å². The fraction of sp³-hybridized carbons (Fsp3) is 0.273. The van der Waals surface area contributed by atoms with E-state index in [2.05, 4.69) is 0 Å². The van der Waals surface area contributed by atoms with Gasteiger partial charge < -0.3 is 9.84 Å².